The molecule has 0 fully saturated rings. The van der Waals surface area contributed by atoms with Crippen LogP contribution < -0.4 is 14.2 Å². The van der Waals surface area contributed by atoms with Crippen LogP contribution in [-0.4, -0.2) is 74.0 Å². The Hall–Kier alpha value is -4.12. The van der Waals surface area contributed by atoms with Crippen LogP contribution in [0.3, 0.4) is 0 Å². The van der Waals surface area contributed by atoms with Crippen LogP contribution in [0.4, 0.5) is 0 Å². The van der Waals surface area contributed by atoms with Crippen molar-refractivity contribution in [2.45, 2.75) is 51.6 Å². The van der Waals surface area contributed by atoms with E-state index in [0.717, 1.165) is 20.8 Å². The van der Waals surface area contributed by atoms with Gasteiger partial charge in [-0.2, -0.15) is 0 Å². The van der Waals surface area contributed by atoms with Gasteiger partial charge in [-0.3, -0.25) is 19.2 Å². The molecule has 0 saturated carbocycles. The van der Waals surface area contributed by atoms with Crippen LogP contribution in [0, 0.1) is 0 Å². The quantitative estimate of drug-likeness (QED) is 0.436. The summed E-state index contributed by atoms with van der Waals surface area (Å²) in [5.74, 6) is -2.26. The Morgan fingerprint density at radius 3 is 1.95 bits per heavy atom. The lowest BCUT2D eigenvalue weighted by Crippen LogP contribution is -2.62. The minimum atomic E-state index is -2.18. The van der Waals surface area contributed by atoms with Gasteiger partial charge in [-0.1, -0.05) is 12.1 Å². The van der Waals surface area contributed by atoms with Crippen molar-refractivity contribution in [1.82, 2.24) is 0 Å². The molecule has 1 N–H and O–H groups in total. The summed E-state index contributed by atoms with van der Waals surface area (Å²) in [5.41, 5.74) is -2.03. The average Bonchev–Trinajstić information content (AvgIpc) is 3.13. The number of esters is 3. The van der Waals surface area contributed by atoms with E-state index in [-0.39, 0.29) is 33.8 Å². The third-order valence-corrected chi connectivity index (χ3v) is 6.66. The second kappa shape index (κ2) is 9.64. The lowest BCUT2D eigenvalue weighted by atomic mass is 9.74. The van der Waals surface area contributed by atoms with E-state index in [4.69, 9.17) is 28.4 Å². The fraction of sp³-hybridized carbons (Fsp3) is 0.407. The average molecular weight is 529 g/mol. The highest BCUT2D eigenvalue weighted by atomic mass is 16.6. The molecule has 0 amide bonds. The first-order valence-electron chi connectivity index (χ1n) is 11.7. The zero-order chi connectivity index (χ0) is 28.1. The first kappa shape index (κ1) is 26.9. The minimum absolute atomic E-state index is 0.0277. The number of Topliss-reactive ketones (excluding diaryl/α,β-unsaturated/α-hetero) is 1. The summed E-state index contributed by atoms with van der Waals surface area (Å²) in [6, 6.07) is 5.14. The number of hydrogen-bond donors (Lipinski definition) is 1. The molecule has 38 heavy (non-hydrogen) atoms. The number of hydrogen-bond acceptors (Lipinski definition) is 11. The van der Waals surface area contributed by atoms with Crippen molar-refractivity contribution >= 4 is 40.0 Å². The second-order valence-electron chi connectivity index (χ2n) is 9.13. The molecule has 0 saturated heterocycles. The van der Waals surface area contributed by atoms with Gasteiger partial charge < -0.3 is 33.5 Å². The van der Waals surface area contributed by atoms with Crippen molar-refractivity contribution in [2.75, 3.05) is 21.3 Å². The van der Waals surface area contributed by atoms with Gasteiger partial charge in [0.1, 0.15) is 22.8 Å². The molecule has 2 aliphatic rings. The summed E-state index contributed by atoms with van der Waals surface area (Å²) in [7, 11) is 4.24. The van der Waals surface area contributed by atoms with Crippen molar-refractivity contribution in [3.63, 3.8) is 0 Å². The molecule has 202 valence electrons. The first-order chi connectivity index (χ1) is 17.9. The minimum Gasteiger partial charge on any atom is -0.496 e. The Morgan fingerprint density at radius 1 is 0.816 bits per heavy atom. The maximum atomic E-state index is 14.2. The van der Waals surface area contributed by atoms with Crippen LogP contribution in [0.5, 0.6) is 17.2 Å². The number of carbonyl (C=O) groups is 4. The predicted octanol–water partition coefficient (Wildman–Crippen LogP) is 2.38. The van der Waals surface area contributed by atoms with Gasteiger partial charge in [0.25, 0.3) is 0 Å². The van der Waals surface area contributed by atoms with Gasteiger partial charge >= 0.3 is 17.9 Å². The van der Waals surface area contributed by atoms with E-state index in [1.54, 1.807) is 18.2 Å². The van der Waals surface area contributed by atoms with Gasteiger partial charge in [0.2, 0.25) is 0 Å². The van der Waals surface area contributed by atoms with Crippen LogP contribution in [0.15, 0.2) is 23.8 Å². The summed E-state index contributed by atoms with van der Waals surface area (Å²) >= 11 is 0. The van der Waals surface area contributed by atoms with E-state index < -0.39 is 47.6 Å². The Morgan fingerprint density at radius 2 is 1.42 bits per heavy atom. The summed E-state index contributed by atoms with van der Waals surface area (Å²) < 4.78 is 33.6. The molecule has 0 spiro atoms. The van der Waals surface area contributed by atoms with Crippen LogP contribution in [0.25, 0.3) is 16.3 Å². The van der Waals surface area contributed by atoms with Crippen molar-refractivity contribution in [2.24, 2.45) is 0 Å². The molecule has 0 aromatic heterocycles. The fourth-order valence-corrected chi connectivity index (χ4v) is 5.35. The van der Waals surface area contributed by atoms with Gasteiger partial charge in [-0.15, -0.1) is 0 Å². The smallest absolute Gasteiger partial charge is 0.303 e. The molecule has 0 bridgehead atoms. The molecule has 11 nitrogen and oxygen atoms in total. The van der Waals surface area contributed by atoms with Gasteiger partial charge in [-0.05, 0) is 13.0 Å². The van der Waals surface area contributed by atoms with E-state index in [9.17, 15) is 24.3 Å². The van der Waals surface area contributed by atoms with E-state index in [0.29, 0.717) is 16.5 Å². The topological polar surface area (TPSA) is 144 Å². The second-order valence-corrected chi connectivity index (χ2v) is 9.13. The Bertz CT molecular complexity index is 1400. The molecule has 4 rings (SSSR count). The van der Waals surface area contributed by atoms with Crippen molar-refractivity contribution in [1.29, 1.82) is 0 Å². The zero-order valence-electron chi connectivity index (χ0n) is 22.0. The lowest BCUT2D eigenvalue weighted by molar-refractivity contribution is -0.203. The number of methoxy groups -OCH3 is 3. The molecule has 2 aromatic rings. The SMILES string of the molecule is COc1c2c(c(OC)c3c(OC)cccc13)C(=O)C1=C2[C@H](OC(C)=O)[C@@H](OC(C)=O)[C@](C)(O)[C@@H]1OC(C)=O. The standard InChI is InChI=1S/C27H28O11/c1-11(28)36-24-18-17-19(23(35-7)16-14(22(17)34-6)9-8-10-15(16)33-5)21(31)20(18)25(37-12(2)29)27(4,32)26(24)38-13(3)30/h8-10,24-26,32H,1-7H3/t24-,25+,26+,27+/m0/s1. The molecule has 4 atom stereocenters. The maximum Gasteiger partial charge on any atom is 0.303 e. The molecule has 0 heterocycles. The third-order valence-electron chi connectivity index (χ3n) is 6.66. The number of aliphatic hydroxyl groups is 1. The number of rotatable bonds is 6. The van der Waals surface area contributed by atoms with E-state index in [2.05, 4.69) is 0 Å². The van der Waals surface area contributed by atoms with Crippen molar-refractivity contribution < 1.29 is 52.7 Å². The number of benzene rings is 2. The van der Waals surface area contributed by atoms with Crippen LogP contribution in [0.1, 0.15) is 43.6 Å². The predicted molar refractivity (Wildman–Crippen MR) is 132 cm³/mol. The molecule has 0 unspecified atom stereocenters. The monoisotopic (exact) mass is 528 g/mol. The molecule has 11 heteroatoms. The van der Waals surface area contributed by atoms with Crippen LogP contribution in [-0.2, 0) is 28.6 Å². The third kappa shape index (κ3) is 3.94. The van der Waals surface area contributed by atoms with Gasteiger partial charge in [0.05, 0.1) is 37.9 Å². The van der Waals surface area contributed by atoms with Crippen molar-refractivity contribution in [3.05, 3.63) is 34.9 Å². The highest BCUT2D eigenvalue weighted by Crippen LogP contribution is 2.56. The first-order valence-corrected chi connectivity index (χ1v) is 11.7. The van der Waals surface area contributed by atoms with Gasteiger partial charge in [0.15, 0.2) is 24.1 Å². The van der Waals surface area contributed by atoms with Crippen molar-refractivity contribution in [3.8, 4) is 17.2 Å². The summed E-state index contributed by atoms with van der Waals surface area (Å²) in [6.07, 6.45) is -4.60. The number of ether oxygens (including phenoxy) is 6. The summed E-state index contributed by atoms with van der Waals surface area (Å²) in [6.45, 7) is 4.60. The Labute approximate surface area is 218 Å². The summed E-state index contributed by atoms with van der Waals surface area (Å²) in [4.78, 5) is 50.7. The Balaban J connectivity index is 2.19. The van der Waals surface area contributed by atoms with E-state index in [1.165, 1.54) is 28.3 Å². The summed E-state index contributed by atoms with van der Waals surface area (Å²) in [5, 5.41) is 12.6. The highest BCUT2D eigenvalue weighted by Gasteiger charge is 2.61. The Kier molecular flexibility index (Phi) is 6.83. The number of fused-ring (bicyclic) bond motifs is 3. The van der Waals surface area contributed by atoms with E-state index in [1.807, 2.05) is 0 Å². The van der Waals surface area contributed by atoms with Crippen LogP contribution in [0.2, 0.25) is 0 Å². The highest BCUT2D eigenvalue weighted by molar-refractivity contribution is 6.28. The molecule has 2 aromatic carbocycles. The number of ketones is 1. The molecule has 2 aliphatic carbocycles. The zero-order valence-corrected chi connectivity index (χ0v) is 22.0. The lowest BCUT2D eigenvalue weighted by Gasteiger charge is -2.45. The molecule has 0 radical (unpaired) electrons. The largest absolute Gasteiger partial charge is 0.496 e. The van der Waals surface area contributed by atoms with Gasteiger partial charge in [-0.25, -0.2) is 0 Å². The van der Waals surface area contributed by atoms with Gasteiger partial charge in [0, 0.05) is 37.3 Å². The number of carbonyl (C=O) groups excluding carboxylic acids is 4. The van der Waals surface area contributed by atoms with E-state index >= 15 is 0 Å². The molecular formula is C27H28O11. The molecular weight excluding hydrogens is 500 g/mol. The normalized spacial score (nSPS) is 23.9. The maximum absolute atomic E-state index is 14.2. The van der Waals surface area contributed by atoms with Crippen LogP contribution >= 0.6 is 0 Å². The molecule has 0 aliphatic heterocycles. The fourth-order valence-electron chi connectivity index (χ4n) is 5.35.